The zero-order valence-electron chi connectivity index (χ0n) is 23.5. The van der Waals surface area contributed by atoms with Gasteiger partial charge in [-0.1, -0.05) is 77.3 Å². The zero-order valence-corrected chi connectivity index (χ0v) is 24.3. The van der Waals surface area contributed by atoms with Gasteiger partial charge in [-0.3, -0.25) is 0 Å². The van der Waals surface area contributed by atoms with Crippen molar-refractivity contribution in [2.45, 2.75) is 41.5 Å². The quantitative estimate of drug-likeness (QED) is 0.228. The van der Waals surface area contributed by atoms with Crippen molar-refractivity contribution < 1.29 is 0 Å². The molecule has 0 bridgehead atoms. The van der Waals surface area contributed by atoms with Crippen LogP contribution in [0.4, 0.5) is 22.7 Å². The van der Waals surface area contributed by atoms with E-state index in [2.05, 4.69) is 125 Å². The second kappa shape index (κ2) is 11.0. The van der Waals surface area contributed by atoms with Gasteiger partial charge in [-0.15, -0.1) is 0 Å². The van der Waals surface area contributed by atoms with Crippen LogP contribution in [0.2, 0.25) is 5.02 Å². The molecule has 0 amide bonds. The summed E-state index contributed by atoms with van der Waals surface area (Å²) in [5.41, 5.74) is 16.4. The summed E-state index contributed by atoms with van der Waals surface area (Å²) in [5.74, 6) is 0. The number of halogens is 1. The fraction of sp³-hybridized carbons (Fsp3) is 0.167. The van der Waals surface area contributed by atoms with Crippen molar-refractivity contribution in [1.82, 2.24) is 0 Å². The molecule has 0 aromatic heterocycles. The molecule has 196 valence electrons. The lowest BCUT2D eigenvalue weighted by Gasteiger charge is -2.17. The van der Waals surface area contributed by atoms with Gasteiger partial charge in [0.15, 0.2) is 0 Å². The fourth-order valence-corrected chi connectivity index (χ4v) is 6.03. The van der Waals surface area contributed by atoms with Gasteiger partial charge in [-0.25, -0.2) is 0 Å². The van der Waals surface area contributed by atoms with Crippen LogP contribution in [0.15, 0.2) is 91.0 Å². The Morgan fingerprint density at radius 3 is 1.21 bits per heavy atom. The molecule has 0 radical (unpaired) electrons. The highest BCUT2D eigenvalue weighted by atomic mass is 35.5. The molecule has 3 heteroatoms. The molecular formula is C36H35ClN2. The van der Waals surface area contributed by atoms with Gasteiger partial charge in [-0.2, -0.15) is 0 Å². The number of anilines is 4. The number of hydrogen-bond donors (Lipinski definition) is 2. The van der Waals surface area contributed by atoms with E-state index in [1.165, 1.54) is 55.6 Å². The van der Waals surface area contributed by atoms with Gasteiger partial charge >= 0.3 is 0 Å². The molecule has 0 saturated heterocycles. The second-order valence-corrected chi connectivity index (χ2v) is 11.0. The third kappa shape index (κ3) is 5.72. The number of rotatable bonds is 6. The van der Waals surface area contributed by atoms with Crippen molar-refractivity contribution in [3.63, 3.8) is 0 Å². The molecule has 5 aromatic rings. The summed E-state index contributed by atoms with van der Waals surface area (Å²) < 4.78 is 0. The molecule has 2 N–H and O–H groups in total. The van der Waals surface area contributed by atoms with E-state index in [4.69, 9.17) is 11.6 Å². The molecule has 39 heavy (non-hydrogen) atoms. The molecule has 0 aliphatic carbocycles. The molecular weight excluding hydrogens is 496 g/mol. The van der Waals surface area contributed by atoms with Gasteiger partial charge in [0.05, 0.1) is 16.4 Å². The monoisotopic (exact) mass is 530 g/mol. The summed E-state index contributed by atoms with van der Waals surface area (Å²) in [4.78, 5) is 0. The van der Waals surface area contributed by atoms with Crippen LogP contribution in [-0.2, 0) is 0 Å². The van der Waals surface area contributed by atoms with Crippen LogP contribution >= 0.6 is 11.6 Å². The zero-order chi connectivity index (χ0) is 27.7. The van der Waals surface area contributed by atoms with E-state index in [0.717, 1.165) is 22.7 Å². The second-order valence-electron chi connectivity index (χ2n) is 10.6. The van der Waals surface area contributed by atoms with Gasteiger partial charge in [0.2, 0.25) is 0 Å². The van der Waals surface area contributed by atoms with Crippen molar-refractivity contribution in [2.24, 2.45) is 0 Å². The summed E-state index contributed by atoms with van der Waals surface area (Å²) in [6.07, 6.45) is 0. The molecule has 0 heterocycles. The van der Waals surface area contributed by atoms with Gasteiger partial charge in [-0.05, 0) is 122 Å². The molecule has 0 fully saturated rings. The SMILES string of the molecule is Cc1cc(C)c(-c2cccc(Nc3cccc(Nc4cccc(-c5c(C)cc(C)cc5C)c4)c3Cl)c2)c(C)c1. The van der Waals surface area contributed by atoms with Crippen molar-refractivity contribution in [3.05, 3.63) is 129 Å². The van der Waals surface area contributed by atoms with E-state index in [1.807, 2.05) is 18.2 Å². The van der Waals surface area contributed by atoms with Crippen LogP contribution < -0.4 is 10.6 Å². The first kappa shape index (κ1) is 26.6. The van der Waals surface area contributed by atoms with Crippen LogP contribution in [0.1, 0.15) is 33.4 Å². The lowest BCUT2D eigenvalue weighted by molar-refractivity contribution is 1.32. The third-order valence-electron chi connectivity index (χ3n) is 7.21. The number of hydrogen-bond acceptors (Lipinski definition) is 2. The van der Waals surface area contributed by atoms with E-state index in [0.29, 0.717) is 5.02 Å². The highest BCUT2D eigenvalue weighted by Crippen LogP contribution is 2.37. The standard InChI is InChI=1S/C36H35ClN2/c1-22-16-24(3)34(25(4)17-22)28-10-7-12-30(20-28)38-32-14-9-15-33(36(32)37)39-31-13-8-11-29(21-31)35-26(5)18-23(2)19-27(35)6/h7-21,38-39H,1-6H3. The summed E-state index contributed by atoms with van der Waals surface area (Å²) in [7, 11) is 0. The molecule has 5 aromatic carbocycles. The highest BCUT2D eigenvalue weighted by molar-refractivity contribution is 6.36. The van der Waals surface area contributed by atoms with E-state index >= 15 is 0 Å². The first-order valence-electron chi connectivity index (χ1n) is 13.4. The Balaban J connectivity index is 1.42. The molecule has 0 saturated carbocycles. The summed E-state index contributed by atoms with van der Waals surface area (Å²) in [6.45, 7) is 13.0. The average Bonchev–Trinajstić information content (AvgIpc) is 2.86. The topological polar surface area (TPSA) is 24.1 Å². The lowest BCUT2D eigenvalue weighted by Crippen LogP contribution is -1.97. The smallest absolute Gasteiger partial charge is 0.0875 e. The number of nitrogens with one attached hydrogen (secondary N) is 2. The molecule has 0 aliphatic rings. The summed E-state index contributed by atoms with van der Waals surface area (Å²) in [6, 6.07) is 32.1. The predicted octanol–water partition coefficient (Wildman–Crippen LogP) is 11.0. The Morgan fingerprint density at radius 1 is 0.462 bits per heavy atom. The Kier molecular flexibility index (Phi) is 7.50. The molecule has 2 nitrogen and oxygen atoms in total. The Hall–Kier alpha value is -4.01. The van der Waals surface area contributed by atoms with Gasteiger partial charge < -0.3 is 10.6 Å². The van der Waals surface area contributed by atoms with Crippen molar-refractivity contribution in [2.75, 3.05) is 10.6 Å². The normalized spacial score (nSPS) is 10.9. The molecule has 0 unspecified atom stereocenters. The van der Waals surface area contributed by atoms with Crippen LogP contribution in [0.25, 0.3) is 22.3 Å². The highest BCUT2D eigenvalue weighted by Gasteiger charge is 2.12. The van der Waals surface area contributed by atoms with Gasteiger partial charge in [0.1, 0.15) is 0 Å². The molecule has 0 aliphatic heterocycles. The van der Waals surface area contributed by atoms with Crippen molar-refractivity contribution >= 4 is 34.4 Å². The first-order valence-corrected chi connectivity index (χ1v) is 13.8. The minimum absolute atomic E-state index is 0.652. The van der Waals surface area contributed by atoms with Gasteiger partial charge in [0.25, 0.3) is 0 Å². The molecule has 5 rings (SSSR count). The molecule has 0 atom stereocenters. The summed E-state index contributed by atoms with van der Waals surface area (Å²) >= 11 is 6.93. The average molecular weight is 531 g/mol. The number of aryl methyl sites for hydroxylation is 6. The molecule has 0 spiro atoms. The van der Waals surface area contributed by atoms with Crippen LogP contribution in [0, 0.1) is 41.5 Å². The minimum atomic E-state index is 0.652. The van der Waals surface area contributed by atoms with Gasteiger partial charge in [0, 0.05) is 11.4 Å². The van der Waals surface area contributed by atoms with E-state index < -0.39 is 0 Å². The minimum Gasteiger partial charge on any atom is -0.354 e. The first-order chi connectivity index (χ1) is 18.7. The number of benzene rings is 5. The summed E-state index contributed by atoms with van der Waals surface area (Å²) in [5, 5.41) is 7.74. The largest absolute Gasteiger partial charge is 0.354 e. The predicted molar refractivity (Wildman–Crippen MR) is 170 cm³/mol. The van der Waals surface area contributed by atoms with E-state index in [-0.39, 0.29) is 0 Å². The van der Waals surface area contributed by atoms with Crippen molar-refractivity contribution in [1.29, 1.82) is 0 Å². The van der Waals surface area contributed by atoms with E-state index in [1.54, 1.807) is 0 Å². The lowest BCUT2D eigenvalue weighted by atomic mass is 9.93. The third-order valence-corrected chi connectivity index (χ3v) is 7.62. The Bertz CT molecular complexity index is 1510. The Morgan fingerprint density at radius 2 is 0.821 bits per heavy atom. The maximum absolute atomic E-state index is 6.93. The Labute approximate surface area is 237 Å². The fourth-order valence-electron chi connectivity index (χ4n) is 5.81. The van der Waals surface area contributed by atoms with Crippen LogP contribution in [0.5, 0.6) is 0 Å². The van der Waals surface area contributed by atoms with Crippen LogP contribution in [-0.4, -0.2) is 0 Å². The maximum atomic E-state index is 6.93. The van der Waals surface area contributed by atoms with Crippen LogP contribution in [0.3, 0.4) is 0 Å². The van der Waals surface area contributed by atoms with E-state index in [9.17, 15) is 0 Å². The van der Waals surface area contributed by atoms with Crippen molar-refractivity contribution in [3.8, 4) is 22.3 Å². The maximum Gasteiger partial charge on any atom is 0.0875 e.